The Labute approximate surface area is 103 Å². The molecule has 0 aliphatic heterocycles. The first-order valence-corrected chi connectivity index (χ1v) is 5.46. The summed E-state index contributed by atoms with van der Waals surface area (Å²) >= 11 is 4.14. The fourth-order valence-electron chi connectivity index (χ4n) is 1.03. The molecule has 1 unspecified atom stereocenters. The number of hydrogen-bond donors (Lipinski definition) is 0. The van der Waals surface area contributed by atoms with Crippen LogP contribution in [0.5, 0.6) is 0 Å². The molecule has 1 aliphatic rings. The minimum atomic E-state index is 0. The molecule has 0 spiro atoms. The van der Waals surface area contributed by atoms with E-state index in [9.17, 15) is 0 Å². The Balaban J connectivity index is 0. The number of thioether (sulfide) groups is 1. The Kier molecular flexibility index (Phi) is 9.77. The van der Waals surface area contributed by atoms with Crippen molar-refractivity contribution in [2.45, 2.75) is 18.6 Å². The maximum Gasteiger partial charge on any atom is -1.00 e. The van der Waals surface area contributed by atoms with Crippen molar-refractivity contribution < 1.29 is 45.2 Å². The maximum absolute atomic E-state index is 2.26. The summed E-state index contributed by atoms with van der Waals surface area (Å²) in [7, 11) is 0. The van der Waals surface area contributed by atoms with Gasteiger partial charge in [-0.1, -0.05) is 0 Å². The predicted octanol–water partition coefficient (Wildman–Crippen LogP) is -3.49. The Morgan fingerprint density at radius 2 is 2.08 bits per heavy atom. The number of rotatable bonds is 2. The normalized spacial score (nSPS) is 17.0. The molecule has 0 saturated heterocycles. The van der Waals surface area contributed by atoms with Gasteiger partial charge in [0.2, 0.25) is 0 Å². The van der Waals surface area contributed by atoms with E-state index in [-0.39, 0.29) is 24.8 Å². The van der Waals surface area contributed by atoms with Crippen LogP contribution in [-0.4, -0.2) is 11.5 Å². The zero-order chi connectivity index (χ0) is 7.56. The van der Waals surface area contributed by atoms with Gasteiger partial charge < -0.3 is 24.8 Å². The van der Waals surface area contributed by atoms with Gasteiger partial charge in [-0.05, 0) is 0 Å². The van der Waals surface area contributed by atoms with E-state index in [1.165, 1.54) is 12.0 Å². The van der Waals surface area contributed by atoms with Gasteiger partial charge in [0, 0.05) is 0 Å². The van der Waals surface area contributed by atoms with Crippen LogP contribution in [0.3, 0.4) is 0 Å². The summed E-state index contributed by atoms with van der Waals surface area (Å²) < 4.78 is 1.54. The van der Waals surface area contributed by atoms with Gasteiger partial charge in [0.25, 0.3) is 0 Å². The Morgan fingerprint density at radius 3 is 2.42 bits per heavy atom. The third kappa shape index (κ3) is 3.89. The van der Waals surface area contributed by atoms with E-state index in [1.54, 1.807) is 3.88 Å². The molecule has 0 aromatic carbocycles. The van der Waals surface area contributed by atoms with Crippen LogP contribution in [0.2, 0.25) is 0 Å². The van der Waals surface area contributed by atoms with Crippen LogP contribution >= 0.6 is 11.8 Å². The molecule has 0 nitrogen and oxygen atoms in total. The molecule has 0 fully saturated rings. The van der Waals surface area contributed by atoms with E-state index < -0.39 is 0 Å². The first-order valence-electron chi connectivity index (χ1n) is 3.39. The van der Waals surface area contributed by atoms with Crippen molar-refractivity contribution in [3.8, 4) is 0 Å². The van der Waals surface area contributed by atoms with Gasteiger partial charge >= 0.3 is 78.7 Å². The molecule has 0 saturated carbocycles. The fourth-order valence-corrected chi connectivity index (χ4v) is 2.32. The van der Waals surface area contributed by atoms with Crippen molar-refractivity contribution in [3.05, 3.63) is 21.6 Å². The molecule has 0 amide bonds. The third-order valence-corrected chi connectivity index (χ3v) is 3.49. The molecule has 67 valence electrons. The molecule has 0 N–H and O–H groups in total. The maximum atomic E-state index is 2.26. The first-order chi connectivity index (χ1) is 4.75. The number of allylic oxidation sites excluding steroid dienone is 3. The molecule has 0 bridgehead atoms. The minimum Gasteiger partial charge on any atom is -1.00 e. The quantitative estimate of drug-likeness (QED) is 0.463. The van der Waals surface area contributed by atoms with E-state index in [4.69, 9.17) is 0 Å². The molecule has 1 rings (SSSR count). The van der Waals surface area contributed by atoms with Gasteiger partial charge in [-0.3, -0.25) is 0 Å². The largest absolute Gasteiger partial charge is 1.00 e. The van der Waals surface area contributed by atoms with Crippen molar-refractivity contribution in [2.75, 3.05) is 6.26 Å². The second-order valence-electron chi connectivity index (χ2n) is 2.42. The molecular formula is C8H11Cl2STi. The predicted molar refractivity (Wildman–Crippen MR) is 43.8 cm³/mol. The van der Waals surface area contributed by atoms with Crippen LogP contribution in [-0.2, 0) is 20.4 Å². The van der Waals surface area contributed by atoms with Crippen LogP contribution in [0.1, 0.15) is 13.3 Å². The molecule has 0 aromatic rings. The van der Waals surface area contributed by atoms with Crippen LogP contribution in [0.25, 0.3) is 0 Å². The average molecular weight is 258 g/mol. The molecule has 1 aliphatic carbocycles. The molecule has 4 heteroatoms. The summed E-state index contributed by atoms with van der Waals surface area (Å²) in [5, 5.41) is 0.679. The number of halogens is 2. The van der Waals surface area contributed by atoms with E-state index in [2.05, 4.69) is 45.8 Å². The Bertz CT molecular complexity index is 189. The van der Waals surface area contributed by atoms with Gasteiger partial charge in [-0.25, -0.2) is 0 Å². The van der Waals surface area contributed by atoms with Crippen LogP contribution in [0.15, 0.2) is 21.6 Å². The molecule has 0 radical (unpaired) electrons. The molecular weight excluding hydrogens is 247 g/mol. The molecule has 1 atom stereocenters. The molecule has 0 heterocycles. The fraction of sp³-hybridized carbons (Fsp3) is 0.500. The number of hydrogen-bond acceptors (Lipinski definition) is 1. The van der Waals surface area contributed by atoms with Crippen LogP contribution < -0.4 is 24.8 Å². The van der Waals surface area contributed by atoms with E-state index >= 15 is 0 Å². The van der Waals surface area contributed by atoms with Crippen molar-refractivity contribution in [1.82, 2.24) is 0 Å². The average Bonchev–Trinajstić information content (AvgIpc) is 2.34. The second kappa shape index (κ2) is 7.52. The van der Waals surface area contributed by atoms with Gasteiger partial charge in [0.15, 0.2) is 0 Å². The summed E-state index contributed by atoms with van der Waals surface area (Å²) in [5.74, 6) is 0. The van der Waals surface area contributed by atoms with Crippen molar-refractivity contribution in [2.24, 2.45) is 0 Å². The topological polar surface area (TPSA) is 0 Å². The SMILES string of the molecule is CSC(C)C1=[C]([Ti+2])CC=C1.[Cl-].[Cl-]. The first kappa shape index (κ1) is 15.6. The van der Waals surface area contributed by atoms with Crippen LogP contribution in [0, 0.1) is 0 Å². The third-order valence-electron chi connectivity index (χ3n) is 1.76. The second-order valence-corrected chi connectivity index (χ2v) is 4.54. The Hall–Kier alpha value is 1.12. The summed E-state index contributed by atoms with van der Waals surface area (Å²) in [4.78, 5) is 0. The van der Waals surface area contributed by atoms with Crippen molar-refractivity contribution in [1.29, 1.82) is 0 Å². The van der Waals surface area contributed by atoms with Crippen LogP contribution in [0.4, 0.5) is 0 Å². The summed E-state index contributed by atoms with van der Waals surface area (Å²) in [5.41, 5.74) is 1.53. The van der Waals surface area contributed by atoms with Gasteiger partial charge in [0.1, 0.15) is 0 Å². The van der Waals surface area contributed by atoms with Crippen molar-refractivity contribution >= 4 is 11.8 Å². The standard InChI is InChI=1S/C8H11S.2ClH.Ti/c1-7(9-2)8-5-3-4-6-8;;;/h3,5,7H,4H2,1-2H3;2*1H;/q;;;+2/p-2. The van der Waals surface area contributed by atoms with Crippen molar-refractivity contribution in [3.63, 3.8) is 0 Å². The van der Waals surface area contributed by atoms with Gasteiger partial charge in [0.05, 0.1) is 0 Å². The van der Waals surface area contributed by atoms with E-state index in [0.29, 0.717) is 5.25 Å². The minimum absolute atomic E-state index is 0. The van der Waals surface area contributed by atoms with Gasteiger partial charge in [-0.2, -0.15) is 0 Å². The van der Waals surface area contributed by atoms with E-state index in [0.717, 1.165) is 0 Å². The van der Waals surface area contributed by atoms with Gasteiger partial charge in [-0.15, -0.1) is 0 Å². The smallest absolute Gasteiger partial charge is 1.00 e. The summed E-state index contributed by atoms with van der Waals surface area (Å²) in [6, 6.07) is 0. The monoisotopic (exact) mass is 257 g/mol. The Morgan fingerprint density at radius 1 is 1.50 bits per heavy atom. The zero-order valence-corrected chi connectivity index (χ0v) is 11.0. The molecule has 0 aromatic heterocycles. The summed E-state index contributed by atoms with van der Waals surface area (Å²) in [6.45, 7) is 2.26. The van der Waals surface area contributed by atoms with E-state index in [1.807, 2.05) is 11.8 Å². The zero-order valence-electron chi connectivity index (χ0n) is 7.10. The molecule has 12 heavy (non-hydrogen) atoms. The summed E-state index contributed by atoms with van der Waals surface area (Å²) in [6.07, 6.45) is 7.84.